The number of hydrogen-bond donors (Lipinski definition) is 2. The number of hydrogen-bond acceptors (Lipinski definition) is 4. The molecule has 18 heavy (non-hydrogen) atoms. The largest absolute Gasteiger partial charge is 0.466 e. The Hall–Kier alpha value is -0.610. The van der Waals surface area contributed by atoms with E-state index >= 15 is 0 Å². The van der Waals surface area contributed by atoms with Crippen LogP contribution in [0.15, 0.2) is 0 Å². The molecule has 106 valence electrons. The number of aliphatic hydroxyl groups excluding tert-OH is 1. The summed E-state index contributed by atoms with van der Waals surface area (Å²) in [6, 6.07) is 0. The highest BCUT2D eigenvalue weighted by Crippen LogP contribution is 2.28. The lowest BCUT2D eigenvalue weighted by molar-refractivity contribution is -0.145. The van der Waals surface area contributed by atoms with Crippen molar-refractivity contribution < 1.29 is 14.6 Å². The summed E-state index contributed by atoms with van der Waals surface area (Å²) in [4.78, 5) is 11.1. The Morgan fingerprint density at radius 1 is 1.44 bits per heavy atom. The van der Waals surface area contributed by atoms with Crippen molar-refractivity contribution >= 4 is 5.97 Å². The monoisotopic (exact) mass is 257 g/mol. The molecule has 4 nitrogen and oxygen atoms in total. The third-order valence-corrected chi connectivity index (χ3v) is 3.53. The number of aliphatic hydroxyl groups is 1. The Balaban J connectivity index is 1.91. The maximum Gasteiger partial charge on any atom is 0.308 e. The van der Waals surface area contributed by atoms with Gasteiger partial charge in [-0.05, 0) is 32.2 Å². The minimum atomic E-state index is -0.629. The van der Waals surface area contributed by atoms with Crippen LogP contribution in [0, 0.1) is 5.92 Å². The van der Waals surface area contributed by atoms with Gasteiger partial charge >= 0.3 is 5.97 Å². The SMILES string of the molecule is CCOC(=O)CC(O)CNCCCC1CCCC1. The zero-order valence-corrected chi connectivity index (χ0v) is 11.5. The van der Waals surface area contributed by atoms with Gasteiger partial charge in [-0.25, -0.2) is 0 Å². The van der Waals surface area contributed by atoms with Gasteiger partial charge in [0.1, 0.15) is 0 Å². The van der Waals surface area contributed by atoms with Crippen LogP contribution in [0.5, 0.6) is 0 Å². The van der Waals surface area contributed by atoms with E-state index in [1.807, 2.05) is 0 Å². The Bertz CT molecular complexity index is 227. The van der Waals surface area contributed by atoms with Crippen molar-refractivity contribution in [2.24, 2.45) is 5.92 Å². The predicted octanol–water partition coefficient (Wildman–Crippen LogP) is 1.86. The highest BCUT2D eigenvalue weighted by atomic mass is 16.5. The molecule has 1 atom stereocenters. The van der Waals surface area contributed by atoms with Gasteiger partial charge in [-0.2, -0.15) is 0 Å². The van der Waals surface area contributed by atoms with E-state index in [1.165, 1.54) is 32.1 Å². The molecule has 0 saturated heterocycles. The molecule has 4 heteroatoms. The number of carbonyl (C=O) groups excluding carboxylic acids is 1. The average Bonchev–Trinajstić information content (AvgIpc) is 2.81. The third-order valence-electron chi connectivity index (χ3n) is 3.53. The number of esters is 1. The van der Waals surface area contributed by atoms with Crippen molar-refractivity contribution in [1.82, 2.24) is 5.32 Å². The molecule has 0 heterocycles. The van der Waals surface area contributed by atoms with E-state index in [0.29, 0.717) is 13.2 Å². The molecule has 1 unspecified atom stereocenters. The van der Waals surface area contributed by atoms with E-state index in [1.54, 1.807) is 6.92 Å². The summed E-state index contributed by atoms with van der Waals surface area (Å²) < 4.78 is 4.78. The summed E-state index contributed by atoms with van der Waals surface area (Å²) in [5, 5.41) is 12.8. The molecule has 1 aliphatic rings. The zero-order valence-electron chi connectivity index (χ0n) is 11.5. The topological polar surface area (TPSA) is 58.6 Å². The molecule has 1 saturated carbocycles. The molecule has 2 N–H and O–H groups in total. The molecule has 0 aromatic rings. The van der Waals surface area contributed by atoms with Gasteiger partial charge in [0, 0.05) is 6.54 Å². The molecule has 0 aliphatic heterocycles. The highest BCUT2D eigenvalue weighted by Gasteiger charge is 2.14. The number of ether oxygens (including phenoxy) is 1. The van der Waals surface area contributed by atoms with E-state index in [0.717, 1.165) is 18.9 Å². The van der Waals surface area contributed by atoms with Crippen molar-refractivity contribution in [3.8, 4) is 0 Å². The maximum atomic E-state index is 11.1. The lowest BCUT2D eigenvalue weighted by atomic mass is 10.0. The molecule has 1 aliphatic carbocycles. The Morgan fingerprint density at radius 3 is 2.83 bits per heavy atom. The fourth-order valence-electron chi connectivity index (χ4n) is 2.57. The second kappa shape index (κ2) is 9.34. The Labute approximate surface area is 110 Å². The second-order valence-electron chi connectivity index (χ2n) is 5.16. The molecule has 0 bridgehead atoms. The first-order chi connectivity index (χ1) is 8.72. The minimum absolute atomic E-state index is 0.0868. The Morgan fingerprint density at radius 2 is 2.17 bits per heavy atom. The van der Waals surface area contributed by atoms with Crippen LogP contribution < -0.4 is 5.32 Å². The zero-order chi connectivity index (χ0) is 13.2. The molecule has 1 fully saturated rings. The summed E-state index contributed by atoms with van der Waals surface area (Å²) >= 11 is 0. The predicted molar refractivity (Wildman–Crippen MR) is 71.3 cm³/mol. The van der Waals surface area contributed by atoms with Crippen LogP contribution in [-0.2, 0) is 9.53 Å². The van der Waals surface area contributed by atoms with Crippen molar-refractivity contribution in [1.29, 1.82) is 0 Å². The quantitative estimate of drug-likeness (QED) is 0.489. The van der Waals surface area contributed by atoms with Gasteiger partial charge in [-0.15, -0.1) is 0 Å². The summed E-state index contributed by atoms with van der Waals surface area (Å²) in [7, 11) is 0. The Kier molecular flexibility index (Phi) is 8.01. The molecule has 1 rings (SSSR count). The van der Waals surface area contributed by atoms with E-state index in [2.05, 4.69) is 5.32 Å². The third kappa shape index (κ3) is 6.97. The van der Waals surface area contributed by atoms with E-state index in [4.69, 9.17) is 4.74 Å². The van der Waals surface area contributed by atoms with Gasteiger partial charge in [-0.3, -0.25) is 4.79 Å². The summed E-state index contributed by atoms with van der Waals surface area (Å²) in [5.74, 6) is 0.606. The van der Waals surface area contributed by atoms with Crippen LogP contribution in [-0.4, -0.2) is 36.9 Å². The van der Waals surface area contributed by atoms with E-state index < -0.39 is 6.10 Å². The second-order valence-corrected chi connectivity index (χ2v) is 5.16. The maximum absolute atomic E-state index is 11.1. The fourth-order valence-corrected chi connectivity index (χ4v) is 2.57. The van der Waals surface area contributed by atoms with Crippen molar-refractivity contribution in [2.45, 2.75) is 58.0 Å². The van der Waals surface area contributed by atoms with Gasteiger partial charge in [0.05, 0.1) is 19.1 Å². The first-order valence-electron chi connectivity index (χ1n) is 7.26. The number of carbonyl (C=O) groups is 1. The van der Waals surface area contributed by atoms with Crippen LogP contribution in [0.2, 0.25) is 0 Å². The van der Waals surface area contributed by atoms with Crippen LogP contribution in [0.3, 0.4) is 0 Å². The van der Waals surface area contributed by atoms with Crippen LogP contribution in [0.25, 0.3) is 0 Å². The van der Waals surface area contributed by atoms with E-state index in [-0.39, 0.29) is 12.4 Å². The van der Waals surface area contributed by atoms with Crippen molar-refractivity contribution in [3.63, 3.8) is 0 Å². The standard InChI is InChI=1S/C14H27NO3/c1-2-18-14(17)10-13(16)11-15-9-5-8-12-6-3-4-7-12/h12-13,15-16H,2-11H2,1H3. The lowest BCUT2D eigenvalue weighted by Gasteiger charge is -2.12. The number of rotatable bonds is 9. The highest BCUT2D eigenvalue weighted by molar-refractivity contribution is 5.69. The molecular weight excluding hydrogens is 230 g/mol. The van der Waals surface area contributed by atoms with Crippen molar-refractivity contribution in [3.05, 3.63) is 0 Å². The normalized spacial score (nSPS) is 17.9. The van der Waals surface area contributed by atoms with Crippen molar-refractivity contribution in [2.75, 3.05) is 19.7 Å². The molecule has 0 aromatic heterocycles. The average molecular weight is 257 g/mol. The summed E-state index contributed by atoms with van der Waals surface area (Å²) in [6.45, 7) is 3.55. The number of nitrogens with one attached hydrogen (secondary N) is 1. The molecule has 0 radical (unpaired) electrons. The van der Waals surface area contributed by atoms with Crippen LogP contribution >= 0.6 is 0 Å². The fraction of sp³-hybridized carbons (Fsp3) is 0.929. The molecule has 0 spiro atoms. The van der Waals surface area contributed by atoms with Gasteiger partial charge in [0.15, 0.2) is 0 Å². The molecule has 0 amide bonds. The first kappa shape index (κ1) is 15.4. The van der Waals surface area contributed by atoms with Gasteiger partial charge in [0.2, 0.25) is 0 Å². The summed E-state index contributed by atoms with van der Waals surface area (Å²) in [5.41, 5.74) is 0. The molecule has 0 aromatic carbocycles. The lowest BCUT2D eigenvalue weighted by Crippen LogP contribution is -2.30. The van der Waals surface area contributed by atoms with Gasteiger partial charge in [-0.1, -0.05) is 25.7 Å². The van der Waals surface area contributed by atoms with Crippen LogP contribution in [0.1, 0.15) is 51.9 Å². The van der Waals surface area contributed by atoms with Crippen LogP contribution in [0.4, 0.5) is 0 Å². The summed E-state index contributed by atoms with van der Waals surface area (Å²) in [6.07, 6.45) is 7.50. The minimum Gasteiger partial charge on any atom is -0.466 e. The van der Waals surface area contributed by atoms with Gasteiger partial charge < -0.3 is 15.2 Å². The van der Waals surface area contributed by atoms with E-state index in [9.17, 15) is 9.90 Å². The van der Waals surface area contributed by atoms with Gasteiger partial charge in [0.25, 0.3) is 0 Å². The first-order valence-corrected chi connectivity index (χ1v) is 7.26. The smallest absolute Gasteiger partial charge is 0.308 e. The molecular formula is C14H27NO3.